The predicted octanol–water partition coefficient (Wildman–Crippen LogP) is 1.72. The monoisotopic (exact) mass is 165 g/mol. The van der Waals surface area contributed by atoms with Crippen molar-refractivity contribution in [3.63, 3.8) is 0 Å². The maximum Gasteiger partial charge on any atom is 0.197 e. The molecule has 4 heteroatoms. The van der Waals surface area contributed by atoms with Crippen LogP contribution < -0.4 is 5.73 Å². The molecule has 11 heavy (non-hydrogen) atoms. The van der Waals surface area contributed by atoms with Gasteiger partial charge in [0, 0.05) is 10.9 Å². The van der Waals surface area contributed by atoms with Crippen LogP contribution in [0.25, 0.3) is 11.3 Å². The Morgan fingerprint density at radius 3 is 3.00 bits per heavy atom. The maximum atomic E-state index is 5.42. The SMILES string of the molecule is Nc1ncc(-c2ccsc2)[nH]1. The van der Waals surface area contributed by atoms with E-state index < -0.39 is 0 Å². The van der Waals surface area contributed by atoms with E-state index in [1.54, 1.807) is 17.5 Å². The van der Waals surface area contributed by atoms with Gasteiger partial charge in [0.05, 0.1) is 11.9 Å². The third-order valence-electron chi connectivity index (χ3n) is 1.43. The highest BCUT2D eigenvalue weighted by atomic mass is 32.1. The van der Waals surface area contributed by atoms with Gasteiger partial charge in [0.2, 0.25) is 0 Å². The van der Waals surface area contributed by atoms with Gasteiger partial charge in [0.25, 0.3) is 0 Å². The van der Waals surface area contributed by atoms with Crippen LogP contribution in [-0.2, 0) is 0 Å². The van der Waals surface area contributed by atoms with Gasteiger partial charge in [0.15, 0.2) is 5.95 Å². The average molecular weight is 165 g/mol. The second-order valence-corrected chi connectivity index (χ2v) is 2.97. The van der Waals surface area contributed by atoms with Crippen molar-refractivity contribution in [1.82, 2.24) is 9.97 Å². The summed E-state index contributed by atoms with van der Waals surface area (Å²) >= 11 is 1.66. The fraction of sp³-hybridized carbons (Fsp3) is 0. The summed E-state index contributed by atoms with van der Waals surface area (Å²) in [6.45, 7) is 0. The smallest absolute Gasteiger partial charge is 0.197 e. The summed E-state index contributed by atoms with van der Waals surface area (Å²) in [7, 11) is 0. The number of aromatic amines is 1. The Bertz CT molecular complexity index is 336. The van der Waals surface area contributed by atoms with E-state index >= 15 is 0 Å². The number of aromatic nitrogens is 2. The van der Waals surface area contributed by atoms with Crippen molar-refractivity contribution in [3.05, 3.63) is 23.0 Å². The lowest BCUT2D eigenvalue weighted by atomic mass is 10.3. The molecule has 2 heterocycles. The van der Waals surface area contributed by atoms with Crippen molar-refractivity contribution >= 4 is 17.3 Å². The molecule has 3 N–H and O–H groups in total. The molecular formula is C7H7N3S. The highest BCUT2D eigenvalue weighted by Crippen LogP contribution is 2.19. The van der Waals surface area contributed by atoms with E-state index in [1.165, 1.54) is 0 Å². The largest absolute Gasteiger partial charge is 0.369 e. The second-order valence-electron chi connectivity index (χ2n) is 2.19. The second kappa shape index (κ2) is 2.39. The number of H-pyrrole nitrogens is 1. The number of nitrogens with zero attached hydrogens (tertiary/aromatic N) is 1. The molecule has 0 spiro atoms. The molecular weight excluding hydrogens is 158 g/mol. The molecule has 0 fully saturated rings. The van der Waals surface area contributed by atoms with Crippen LogP contribution >= 0.6 is 11.3 Å². The molecule has 0 aliphatic rings. The molecule has 0 amide bonds. The standard InChI is InChI=1S/C7H7N3S/c8-7-9-3-6(10-7)5-1-2-11-4-5/h1-4H,(H3,8,9,10). The van der Waals surface area contributed by atoms with Gasteiger partial charge in [-0.3, -0.25) is 0 Å². The van der Waals surface area contributed by atoms with Crippen LogP contribution in [0.3, 0.4) is 0 Å². The van der Waals surface area contributed by atoms with Crippen molar-refractivity contribution in [1.29, 1.82) is 0 Å². The quantitative estimate of drug-likeness (QED) is 0.676. The van der Waals surface area contributed by atoms with Gasteiger partial charge in [-0.2, -0.15) is 11.3 Å². The topological polar surface area (TPSA) is 54.7 Å². The fourth-order valence-corrected chi connectivity index (χ4v) is 1.56. The average Bonchev–Trinajstić information content (AvgIpc) is 2.55. The first-order valence-corrected chi connectivity index (χ1v) is 4.13. The Morgan fingerprint density at radius 1 is 1.55 bits per heavy atom. The van der Waals surface area contributed by atoms with Gasteiger partial charge in [0.1, 0.15) is 0 Å². The lowest BCUT2D eigenvalue weighted by Crippen LogP contribution is -1.84. The zero-order valence-corrected chi connectivity index (χ0v) is 6.56. The first kappa shape index (κ1) is 6.42. The van der Waals surface area contributed by atoms with Gasteiger partial charge < -0.3 is 10.7 Å². The normalized spacial score (nSPS) is 10.2. The van der Waals surface area contributed by atoms with Gasteiger partial charge in [-0.05, 0) is 11.4 Å². The molecule has 0 atom stereocenters. The minimum absolute atomic E-state index is 0.464. The molecule has 0 bridgehead atoms. The number of thiophene rings is 1. The van der Waals surface area contributed by atoms with Crippen LogP contribution in [0.1, 0.15) is 0 Å². The van der Waals surface area contributed by atoms with Crippen molar-refractivity contribution in [2.45, 2.75) is 0 Å². The van der Waals surface area contributed by atoms with Crippen molar-refractivity contribution < 1.29 is 0 Å². The zero-order valence-electron chi connectivity index (χ0n) is 5.74. The van der Waals surface area contributed by atoms with Gasteiger partial charge >= 0.3 is 0 Å². The van der Waals surface area contributed by atoms with E-state index in [0.29, 0.717) is 5.95 Å². The number of anilines is 1. The molecule has 2 aromatic rings. The third-order valence-corrected chi connectivity index (χ3v) is 2.11. The van der Waals surface area contributed by atoms with E-state index in [-0.39, 0.29) is 0 Å². The van der Waals surface area contributed by atoms with Gasteiger partial charge in [-0.25, -0.2) is 4.98 Å². The molecule has 3 nitrogen and oxygen atoms in total. The zero-order chi connectivity index (χ0) is 7.68. The Labute approximate surface area is 67.9 Å². The molecule has 0 saturated carbocycles. The highest BCUT2D eigenvalue weighted by molar-refractivity contribution is 7.08. The van der Waals surface area contributed by atoms with Crippen LogP contribution in [-0.4, -0.2) is 9.97 Å². The Kier molecular flexibility index (Phi) is 1.40. The minimum Gasteiger partial charge on any atom is -0.369 e. The van der Waals surface area contributed by atoms with Gasteiger partial charge in [-0.1, -0.05) is 0 Å². The summed E-state index contributed by atoms with van der Waals surface area (Å²) in [4.78, 5) is 6.85. The number of imidazole rings is 1. The number of nitrogens with two attached hydrogens (primary N) is 1. The molecule has 56 valence electrons. The van der Waals surface area contributed by atoms with Crippen LogP contribution in [0.5, 0.6) is 0 Å². The third kappa shape index (κ3) is 1.12. The summed E-state index contributed by atoms with van der Waals surface area (Å²) in [5.41, 5.74) is 7.54. The Hall–Kier alpha value is -1.29. The van der Waals surface area contributed by atoms with E-state index in [1.807, 2.05) is 16.8 Å². The van der Waals surface area contributed by atoms with Crippen molar-refractivity contribution in [2.24, 2.45) is 0 Å². The molecule has 0 saturated heterocycles. The molecule has 2 aromatic heterocycles. The number of hydrogen-bond donors (Lipinski definition) is 2. The number of rotatable bonds is 1. The van der Waals surface area contributed by atoms with E-state index in [2.05, 4.69) is 9.97 Å². The maximum absolute atomic E-state index is 5.42. The van der Waals surface area contributed by atoms with Crippen LogP contribution in [0, 0.1) is 0 Å². The summed E-state index contributed by atoms with van der Waals surface area (Å²) in [5, 5.41) is 4.07. The highest BCUT2D eigenvalue weighted by Gasteiger charge is 1.99. The molecule has 0 aliphatic carbocycles. The Morgan fingerprint density at radius 2 is 2.45 bits per heavy atom. The molecule has 0 aromatic carbocycles. The van der Waals surface area contributed by atoms with E-state index in [0.717, 1.165) is 11.3 Å². The summed E-state index contributed by atoms with van der Waals surface area (Å²) in [5.74, 6) is 0.464. The molecule has 0 aliphatic heterocycles. The predicted molar refractivity (Wildman–Crippen MR) is 46.3 cm³/mol. The van der Waals surface area contributed by atoms with Crippen molar-refractivity contribution in [3.8, 4) is 11.3 Å². The molecule has 0 radical (unpaired) electrons. The van der Waals surface area contributed by atoms with E-state index in [9.17, 15) is 0 Å². The van der Waals surface area contributed by atoms with Crippen LogP contribution in [0.15, 0.2) is 23.0 Å². The van der Waals surface area contributed by atoms with Crippen LogP contribution in [0.2, 0.25) is 0 Å². The lowest BCUT2D eigenvalue weighted by molar-refractivity contribution is 1.33. The summed E-state index contributed by atoms with van der Waals surface area (Å²) < 4.78 is 0. The minimum atomic E-state index is 0.464. The first-order chi connectivity index (χ1) is 5.36. The van der Waals surface area contributed by atoms with Crippen molar-refractivity contribution in [2.75, 3.05) is 5.73 Å². The molecule has 2 rings (SSSR count). The molecule has 0 unspecified atom stereocenters. The van der Waals surface area contributed by atoms with E-state index in [4.69, 9.17) is 5.73 Å². The first-order valence-electron chi connectivity index (χ1n) is 3.19. The number of nitrogens with one attached hydrogen (secondary N) is 1. The fourth-order valence-electron chi connectivity index (χ4n) is 0.901. The Balaban J connectivity index is 2.45. The van der Waals surface area contributed by atoms with Gasteiger partial charge in [-0.15, -0.1) is 0 Å². The number of hydrogen-bond acceptors (Lipinski definition) is 3. The lowest BCUT2D eigenvalue weighted by Gasteiger charge is -1.87. The summed E-state index contributed by atoms with van der Waals surface area (Å²) in [6, 6.07) is 2.03. The van der Waals surface area contributed by atoms with Crippen LogP contribution in [0.4, 0.5) is 5.95 Å². The number of nitrogen functional groups attached to an aromatic ring is 1. The summed E-state index contributed by atoms with van der Waals surface area (Å²) in [6.07, 6.45) is 1.73.